The lowest BCUT2D eigenvalue weighted by atomic mass is 10.1. The number of rotatable bonds is 5. The van der Waals surface area contributed by atoms with Gasteiger partial charge >= 0.3 is 0 Å². The summed E-state index contributed by atoms with van der Waals surface area (Å²) in [6.07, 6.45) is 1.39. The first kappa shape index (κ1) is 15.7. The predicted molar refractivity (Wildman–Crippen MR) is 84.0 cm³/mol. The highest BCUT2D eigenvalue weighted by molar-refractivity contribution is 6.30. The van der Waals surface area contributed by atoms with Crippen molar-refractivity contribution in [2.75, 3.05) is 0 Å². The number of hydrogen-bond acceptors (Lipinski definition) is 4. The van der Waals surface area contributed by atoms with Gasteiger partial charge < -0.3 is 0 Å². The summed E-state index contributed by atoms with van der Waals surface area (Å²) in [5.74, 6) is -0.322. The van der Waals surface area contributed by atoms with Crippen molar-refractivity contribution in [3.63, 3.8) is 0 Å². The average Bonchev–Trinajstić information content (AvgIpc) is 2.50. The Labute approximate surface area is 131 Å². The van der Waals surface area contributed by atoms with Gasteiger partial charge in [-0.05, 0) is 23.8 Å². The number of carbonyl (C=O) groups is 1. The maximum atomic E-state index is 11.7. The fourth-order valence-electron chi connectivity index (χ4n) is 1.76. The third-order valence-corrected chi connectivity index (χ3v) is 3.06. The first-order valence-corrected chi connectivity index (χ1v) is 6.74. The quantitative estimate of drug-likeness (QED) is 0.522. The molecule has 1 amide bonds. The van der Waals surface area contributed by atoms with Crippen LogP contribution in [-0.4, -0.2) is 17.0 Å². The molecule has 7 heteroatoms. The lowest BCUT2D eigenvalue weighted by Gasteiger charge is -2.01. The molecule has 0 spiro atoms. The molecule has 0 aliphatic heterocycles. The summed E-state index contributed by atoms with van der Waals surface area (Å²) in [7, 11) is 0. The van der Waals surface area contributed by atoms with Crippen molar-refractivity contribution in [3.8, 4) is 0 Å². The normalized spacial score (nSPS) is 10.6. The molecule has 0 fully saturated rings. The van der Waals surface area contributed by atoms with Crippen molar-refractivity contribution in [3.05, 3.63) is 74.8 Å². The molecule has 0 aliphatic carbocycles. The number of para-hydroxylation sites is 1. The molecule has 0 aromatic heterocycles. The van der Waals surface area contributed by atoms with Gasteiger partial charge in [0.15, 0.2) is 0 Å². The van der Waals surface area contributed by atoms with Crippen molar-refractivity contribution in [1.29, 1.82) is 0 Å². The van der Waals surface area contributed by atoms with Gasteiger partial charge in [-0.15, -0.1) is 0 Å². The van der Waals surface area contributed by atoms with Gasteiger partial charge in [0.1, 0.15) is 0 Å². The molecule has 2 aromatic rings. The molecule has 112 valence electrons. The standard InChI is InChI=1S/C15H12ClN3O3/c16-13-7-5-11(6-8-13)9-15(20)18-17-10-12-3-1-2-4-14(12)19(21)22/h1-8,10H,9H2,(H,18,20). The SMILES string of the molecule is O=C(Cc1ccc(Cl)cc1)NN=Cc1ccccc1[N+](=O)[O-]. The minimum absolute atomic E-state index is 0.0711. The lowest BCUT2D eigenvalue weighted by Crippen LogP contribution is -2.19. The minimum atomic E-state index is -0.503. The van der Waals surface area contributed by atoms with Gasteiger partial charge in [-0.25, -0.2) is 5.43 Å². The van der Waals surface area contributed by atoms with Crippen molar-refractivity contribution < 1.29 is 9.72 Å². The summed E-state index contributed by atoms with van der Waals surface area (Å²) < 4.78 is 0. The second-order valence-electron chi connectivity index (χ2n) is 4.41. The first-order chi connectivity index (χ1) is 10.6. The van der Waals surface area contributed by atoms with Gasteiger partial charge in [0.25, 0.3) is 5.69 Å². The average molecular weight is 318 g/mol. The Balaban J connectivity index is 1.96. The second kappa shape index (κ2) is 7.33. The first-order valence-electron chi connectivity index (χ1n) is 6.36. The number of nitro benzene ring substituents is 1. The van der Waals surface area contributed by atoms with Crippen molar-refractivity contribution >= 4 is 29.4 Å². The van der Waals surface area contributed by atoms with E-state index in [-0.39, 0.29) is 18.0 Å². The largest absolute Gasteiger partial charge is 0.278 e. The van der Waals surface area contributed by atoms with Crippen LogP contribution in [0.5, 0.6) is 0 Å². The topological polar surface area (TPSA) is 84.6 Å². The molecule has 0 bridgehead atoms. The third kappa shape index (κ3) is 4.39. The van der Waals surface area contributed by atoms with E-state index < -0.39 is 4.92 Å². The Morgan fingerprint density at radius 3 is 2.59 bits per heavy atom. The van der Waals surface area contributed by atoms with Crippen LogP contribution in [0.1, 0.15) is 11.1 Å². The number of hydrazone groups is 1. The minimum Gasteiger partial charge on any atom is -0.273 e. The van der Waals surface area contributed by atoms with Gasteiger partial charge in [0.05, 0.1) is 23.1 Å². The molecule has 6 nitrogen and oxygen atoms in total. The van der Waals surface area contributed by atoms with Crippen molar-refractivity contribution in [2.24, 2.45) is 5.10 Å². The molecule has 0 saturated heterocycles. The van der Waals surface area contributed by atoms with Crippen LogP contribution in [-0.2, 0) is 11.2 Å². The van der Waals surface area contributed by atoms with Crippen LogP contribution >= 0.6 is 11.6 Å². The van der Waals surface area contributed by atoms with Gasteiger partial charge in [-0.3, -0.25) is 14.9 Å². The monoisotopic (exact) mass is 317 g/mol. The number of nitrogens with one attached hydrogen (secondary N) is 1. The summed E-state index contributed by atoms with van der Waals surface area (Å²) >= 11 is 5.76. The van der Waals surface area contributed by atoms with Gasteiger partial charge in [-0.2, -0.15) is 5.10 Å². The summed E-state index contributed by atoms with van der Waals surface area (Å²) in [4.78, 5) is 22.0. The number of nitro groups is 1. The van der Waals surface area contributed by atoms with E-state index in [1.807, 2.05) is 0 Å². The smallest absolute Gasteiger partial charge is 0.273 e. The number of nitrogens with zero attached hydrogens (tertiary/aromatic N) is 2. The third-order valence-electron chi connectivity index (χ3n) is 2.80. The van der Waals surface area contributed by atoms with E-state index >= 15 is 0 Å². The van der Waals surface area contributed by atoms with Crippen LogP contribution in [0.4, 0.5) is 5.69 Å². The lowest BCUT2D eigenvalue weighted by molar-refractivity contribution is -0.385. The van der Waals surface area contributed by atoms with E-state index in [1.54, 1.807) is 42.5 Å². The van der Waals surface area contributed by atoms with Crippen LogP contribution in [0, 0.1) is 10.1 Å². The summed E-state index contributed by atoms with van der Waals surface area (Å²) in [5, 5.41) is 15.2. The summed E-state index contributed by atoms with van der Waals surface area (Å²) in [6, 6.07) is 13.0. The van der Waals surface area contributed by atoms with Gasteiger partial charge in [0, 0.05) is 11.1 Å². The Morgan fingerprint density at radius 2 is 1.91 bits per heavy atom. The highest BCUT2D eigenvalue weighted by Crippen LogP contribution is 2.15. The Morgan fingerprint density at radius 1 is 1.23 bits per heavy atom. The second-order valence-corrected chi connectivity index (χ2v) is 4.85. The number of benzene rings is 2. The maximum absolute atomic E-state index is 11.7. The molecule has 0 heterocycles. The summed E-state index contributed by atoms with van der Waals surface area (Å²) in [5.41, 5.74) is 3.38. The highest BCUT2D eigenvalue weighted by atomic mass is 35.5. The van der Waals surface area contributed by atoms with Crippen LogP contribution in [0.15, 0.2) is 53.6 Å². The van der Waals surface area contributed by atoms with E-state index in [1.165, 1.54) is 12.3 Å². The number of hydrogen-bond donors (Lipinski definition) is 1. The Kier molecular flexibility index (Phi) is 5.21. The fraction of sp³-hybridized carbons (Fsp3) is 0.0667. The van der Waals surface area contributed by atoms with Gasteiger partial charge in [-0.1, -0.05) is 35.9 Å². The van der Waals surface area contributed by atoms with E-state index in [4.69, 9.17) is 11.6 Å². The molecular formula is C15H12ClN3O3. The molecule has 0 atom stereocenters. The molecular weight excluding hydrogens is 306 g/mol. The van der Waals surface area contributed by atoms with E-state index in [9.17, 15) is 14.9 Å². The molecule has 1 N–H and O–H groups in total. The number of amides is 1. The predicted octanol–water partition coefficient (Wildman–Crippen LogP) is 2.94. The highest BCUT2D eigenvalue weighted by Gasteiger charge is 2.10. The molecule has 0 radical (unpaired) electrons. The van der Waals surface area contributed by atoms with E-state index in [0.717, 1.165) is 5.56 Å². The zero-order chi connectivity index (χ0) is 15.9. The van der Waals surface area contributed by atoms with E-state index in [0.29, 0.717) is 10.6 Å². The molecule has 0 aliphatic rings. The molecule has 2 aromatic carbocycles. The van der Waals surface area contributed by atoms with Crippen LogP contribution < -0.4 is 5.43 Å². The molecule has 22 heavy (non-hydrogen) atoms. The molecule has 0 saturated carbocycles. The van der Waals surface area contributed by atoms with Crippen molar-refractivity contribution in [2.45, 2.75) is 6.42 Å². The summed E-state index contributed by atoms with van der Waals surface area (Å²) in [6.45, 7) is 0. The van der Waals surface area contributed by atoms with E-state index in [2.05, 4.69) is 10.5 Å². The number of carbonyl (C=O) groups excluding carboxylic acids is 1. The molecule has 2 rings (SSSR count). The number of halogens is 1. The van der Waals surface area contributed by atoms with Crippen LogP contribution in [0.3, 0.4) is 0 Å². The fourth-order valence-corrected chi connectivity index (χ4v) is 1.89. The maximum Gasteiger partial charge on any atom is 0.278 e. The zero-order valence-corrected chi connectivity index (χ0v) is 12.2. The van der Waals surface area contributed by atoms with Crippen molar-refractivity contribution in [1.82, 2.24) is 5.43 Å². The van der Waals surface area contributed by atoms with Gasteiger partial charge in [0.2, 0.25) is 5.91 Å². The Bertz CT molecular complexity index is 714. The zero-order valence-electron chi connectivity index (χ0n) is 11.4. The Hall–Kier alpha value is -2.73. The van der Waals surface area contributed by atoms with Crippen LogP contribution in [0.25, 0.3) is 0 Å². The molecule has 0 unspecified atom stereocenters. The van der Waals surface area contributed by atoms with Crippen LogP contribution in [0.2, 0.25) is 5.02 Å².